The van der Waals surface area contributed by atoms with Crippen LogP contribution in [-0.2, 0) is 25.6 Å². The second-order valence-electron chi connectivity index (χ2n) is 7.81. The van der Waals surface area contributed by atoms with Crippen molar-refractivity contribution in [1.82, 2.24) is 16.0 Å². The number of aliphatic hydroxyl groups excluding tert-OH is 1. The van der Waals surface area contributed by atoms with Crippen LogP contribution in [0.4, 0.5) is 0 Å². The summed E-state index contributed by atoms with van der Waals surface area (Å²) in [6.07, 6.45) is 0.331. The standard InChI is InChI=1S/C21H32N4O6S/c1-12(2)8-16(21(30)31)24-19(28)15(9-13-6-4-3-5-7-13)23-20(29)17(11-32)25-18(27)14(22)10-26/h3-7,12,14-17,26,32H,8-11,22H2,1-2H3,(H,23,29)(H,24,28)(H,25,27)(H,30,31). The van der Waals surface area contributed by atoms with E-state index in [0.717, 1.165) is 5.56 Å². The normalized spacial score (nSPS) is 14.7. The van der Waals surface area contributed by atoms with Crippen LogP contribution in [0.2, 0.25) is 0 Å². The lowest BCUT2D eigenvalue weighted by Gasteiger charge is -2.25. The molecule has 0 spiro atoms. The van der Waals surface area contributed by atoms with Crippen LogP contribution in [0.5, 0.6) is 0 Å². The molecule has 1 aromatic carbocycles. The molecule has 0 aliphatic rings. The van der Waals surface area contributed by atoms with E-state index in [1.165, 1.54) is 0 Å². The second kappa shape index (κ2) is 13.7. The first kappa shape index (κ1) is 27.4. The number of carboxylic acid groups (broad SMARTS) is 1. The van der Waals surface area contributed by atoms with Crippen molar-refractivity contribution >= 4 is 36.3 Å². The molecule has 0 heterocycles. The molecule has 7 N–H and O–H groups in total. The first-order valence-electron chi connectivity index (χ1n) is 10.2. The minimum Gasteiger partial charge on any atom is -0.480 e. The molecule has 1 rings (SSSR count). The number of benzene rings is 1. The van der Waals surface area contributed by atoms with Crippen molar-refractivity contribution in [2.75, 3.05) is 12.4 Å². The predicted molar refractivity (Wildman–Crippen MR) is 122 cm³/mol. The summed E-state index contributed by atoms with van der Waals surface area (Å²) in [7, 11) is 0. The van der Waals surface area contributed by atoms with Gasteiger partial charge in [-0.2, -0.15) is 12.6 Å². The number of carbonyl (C=O) groups is 4. The highest BCUT2D eigenvalue weighted by atomic mass is 32.1. The Morgan fingerprint density at radius 2 is 1.47 bits per heavy atom. The number of amides is 3. The largest absolute Gasteiger partial charge is 0.480 e. The molecule has 0 bridgehead atoms. The second-order valence-corrected chi connectivity index (χ2v) is 8.18. The van der Waals surface area contributed by atoms with Crippen LogP contribution >= 0.6 is 12.6 Å². The molecule has 0 fully saturated rings. The Kier molecular flexibility index (Phi) is 11.7. The summed E-state index contributed by atoms with van der Waals surface area (Å²) in [6, 6.07) is 4.38. The van der Waals surface area contributed by atoms with Gasteiger partial charge < -0.3 is 31.9 Å². The van der Waals surface area contributed by atoms with Gasteiger partial charge in [-0.05, 0) is 17.9 Å². The maximum atomic E-state index is 12.9. The number of carboxylic acids is 1. The van der Waals surface area contributed by atoms with Crippen LogP contribution in [0.25, 0.3) is 0 Å². The fourth-order valence-electron chi connectivity index (χ4n) is 2.85. The lowest BCUT2D eigenvalue weighted by molar-refractivity contribution is -0.142. The van der Waals surface area contributed by atoms with E-state index in [1.807, 2.05) is 13.8 Å². The molecule has 11 heteroatoms. The zero-order valence-corrected chi connectivity index (χ0v) is 19.0. The van der Waals surface area contributed by atoms with Gasteiger partial charge in [-0.25, -0.2) is 4.79 Å². The average molecular weight is 469 g/mol. The van der Waals surface area contributed by atoms with Crippen molar-refractivity contribution in [1.29, 1.82) is 0 Å². The fourth-order valence-corrected chi connectivity index (χ4v) is 3.11. The number of carbonyl (C=O) groups excluding carboxylic acids is 3. The molecule has 178 valence electrons. The van der Waals surface area contributed by atoms with Crippen molar-refractivity contribution in [3.8, 4) is 0 Å². The van der Waals surface area contributed by atoms with Crippen molar-refractivity contribution in [2.45, 2.75) is 50.9 Å². The first-order valence-corrected chi connectivity index (χ1v) is 10.9. The van der Waals surface area contributed by atoms with Gasteiger partial charge in [-0.3, -0.25) is 14.4 Å². The van der Waals surface area contributed by atoms with Crippen LogP contribution in [-0.4, -0.2) is 70.4 Å². The van der Waals surface area contributed by atoms with E-state index in [4.69, 9.17) is 10.8 Å². The molecule has 4 unspecified atom stereocenters. The van der Waals surface area contributed by atoms with Gasteiger partial charge in [0.15, 0.2) is 0 Å². The minimum atomic E-state index is -1.21. The third-order valence-corrected chi connectivity index (χ3v) is 4.95. The molecule has 0 saturated heterocycles. The van der Waals surface area contributed by atoms with Gasteiger partial charge in [-0.1, -0.05) is 44.2 Å². The Morgan fingerprint density at radius 1 is 0.938 bits per heavy atom. The number of aliphatic hydroxyl groups is 1. The highest BCUT2D eigenvalue weighted by molar-refractivity contribution is 7.80. The molecular weight excluding hydrogens is 436 g/mol. The van der Waals surface area contributed by atoms with E-state index in [0.29, 0.717) is 0 Å². The van der Waals surface area contributed by atoms with E-state index >= 15 is 0 Å². The van der Waals surface area contributed by atoms with Crippen molar-refractivity contribution in [3.05, 3.63) is 35.9 Å². The van der Waals surface area contributed by atoms with E-state index in [9.17, 15) is 24.3 Å². The van der Waals surface area contributed by atoms with Crippen molar-refractivity contribution < 1.29 is 29.4 Å². The third kappa shape index (κ3) is 9.25. The molecule has 0 aliphatic carbocycles. The third-order valence-electron chi connectivity index (χ3n) is 4.59. The predicted octanol–water partition coefficient (Wildman–Crippen LogP) is -0.936. The van der Waals surface area contributed by atoms with Crippen LogP contribution in [0, 0.1) is 5.92 Å². The zero-order valence-electron chi connectivity index (χ0n) is 18.2. The summed E-state index contributed by atoms with van der Waals surface area (Å²) in [5.41, 5.74) is 6.20. The zero-order chi connectivity index (χ0) is 24.3. The van der Waals surface area contributed by atoms with Crippen LogP contribution in [0.3, 0.4) is 0 Å². The van der Waals surface area contributed by atoms with E-state index in [-0.39, 0.29) is 24.5 Å². The lowest BCUT2D eigenvalue weighted by Crippen LogP contribution is -2.58. The highest BCUT2D eigenvalue weighted by Crippen LogP contribution is 2.08. The smallest absolute Gasteiger partial charge is 0.326 e. The molecular formula is C21H32N4O6S. The number of thiol groups is 1. The average Bonchev–Trinajstić information content (AvgIpc) is 2.75. The van der Waals surface area contributed by atoms with E-state index < -0.39 is 54.5 Å². The Balaban J connectivity index is 3.01. The summed E-state index contributed by atoms with van der Waals surface area (Å²) < 4.78 is 0. The Hall–Kier alpha value is -2.63. The van der Waals surface area contributed by atoms with Gasteiger partial charge in [0.2, 0.25) is 17.7 Å². The summed E-state index contributed by atoms with van der Waals surface area (Å²) in [4.78, 5) is 49.1. The maximum Gasteiger partial charge on any atom is 0.326 e. The SMILES string of the molecule is CC(C)CC(NC(=O)C(Cc1ccccc1)NC(=O)C(CS)NC(=O)C(N)CO)C(=O)O. The Labute approximate surface area is 192 Å². The van der Waals surface area contributed by atoms with Gasteiger partial charge in [0.05, 0.1) is 6.61 Å². The van der Waals surface area contributed by atoms with Gasteiger partial charge in [0.25, 0.3) is 0 Å². The molecule has 0 radical (unpaired) electrons. The fraction of sp³-hybridized carbons (Fsp3) is 0.524. The van der Waals surface area contributed by atoms with Crippen LogP contribution in [0.15, 0.2) is 30.3 Å². The summed E-state index contributed by atoms with van der Waals surface area (Å²) in [6.45, 7) is 3.07. The van der Waals surface area contributed by atoms with E-state index in [2.05, 4.69) is 28.6 Å². The Morgan fingerprint density at radius 3 is 1.97 bits per heavy atom. The number of rotatable bonds is 13. The molecule has 0 aliphatic heterocycles. The topological polar surface area (TPSA) is 171 Å². The number of hydrogen-bond acceptors (Lipinski definition) is 7. The summed E-state index contributed by atoms with van der Waals surface area (Å²) >= 11 is 4.06. The molecule has 1 aromatic rings. The highest BCUT2D eigenvalue weighted by Gasteiger charge is 2.30. The molecule has 0 aromatic heterocycles. The molecule has 3 amide bonds. The molecule has 10 nitrogen and oxygen atoms in total. The van der Waals surface area contributed by atoms with Gasteiger partial charge in [0.1, 0.15) is 24.2 Å². The van der Waals surface area contributed by atoms with Gasteiger partial charge in [0, 0.05) is 12.2 Å². The maximum absolute atomic E-state index is 12.9. The van der Waals surface area contributed by atoms with Crippen LogP contribution in [0.1, 0.15) is 25.8 Å². The monoisotopic (exact) mass is 468 g/mol. The molecule has 0 saturated carbocycles. The van der Waals surface area contributed by atoms with Crippen molar-refractivity contribution in [3.63, 3.8) is 0 Å². The minimum absolute atomic E-state index is 0.0260. The van der Waals surface area contributed by atoms with Crippen molar-refractivity contribution in [2.24, 2.45) is 11.7 Å². The van der Waals surface area contributed by atoms with E-state index in [1.54, 1.807) is 30.3 Å². The first-order chi connectivity index (χ1) is 15.1. The number of aliphatic carboxylic acids is 1. The number of nitrogens with one attached hydrogen (secondary N) is 3. The van der Waals surface area contributed by atoms with Gasteiger partial charge >= 0.3 is 5.97 Å². The number of hydrogen-bond donors (Lipinski definition) is 7. The lowest BCUT2D eigenvalue weighted by atomic mass is 10.0. The van der Waals surface area contributed by atoms with Gasteiger partial charge in [-0.15, -0.1) is 0 Å². The summed E-state index contributed by atoms with van der Waals surface area (Å²) in [5.74, 6) is -3.32. The quantitative estimate of drug-likeness (QED) is 0.183. The molecule has 4 atom stereocenters. The molecule has 32 heavy (non-hydrogen) atoms. The Bertz CT molecular complexity index is 777. The summed E-state index contributed by atoms with van der Waals surface area (Å²) in [5, 5.41) is 25.9. The number of nitrogens with two attached hydrogens (primary N) is 1. The van der Waals surface area contributed by atoms with Crippen LogP contribution < -0.4 is 21.7 Å².